The average Bonchev–Trinajstić information content (AvgIpc) is 2.85. The van der Waals surface area contributed by atoms with Crippen LogP contribution in [0.1, 0.15) is 16.2 Å². The second-order valence-electron chi connectivity index (χ2n) is 5.26. The molecule has 0 radical (unpaired) electrons. The van der Waals surface area contributed by atoms with Crippen molar-refractivity contribution in [3.05, 3.63) is 47.8 Å². The molecule has 0 spiro atoms. The molecule has 2 aromatic rings. The highest BCUT2D eigenvalue weighted by molar-refractivity contribution is 6.83. The molecule has 3 rings (SSSR count). The second kappa shape index (κ2) is 5.47. The number of rotatable bonds is 3. The largest absolute Gasteiger partial charge is 0.339 e. The van der Waals surface area contributed by atoms with E-state index >= 15 is 0 Å². The van der Waals surface area contributed by atoms with Gasteiger partial charge in [-0.25, -0.2) is 0 Å². The first-order valence-electron chi connectivity index (χ1n) is 6.78. The van der Waals surface area contributed by atoms with E-state index in [4.69, 9.17) is 11.6 Å². The van der Waals surface area contributed by atoms with E-state index in [2.05, 4.69) is 4.90 Å². The van der Waals surface area contributed by atoms with Gasteiger partial charge in [-0.15, -0.1) is 0 Å². The lowest BCUT2D eigenvalue weighted by atomic mass is 10.0. The number of hydrogen-bond donors (Lipinski definition) is 0. The summed E-state index contributed by atoms with van der Waals surface area (Å²) in [6.45, 7) is 2.28. The molecule has 2 heterocycles. The molecule has 0 fully saturated rings. The Balaban J connectivity index is 2.19. The maximum atomic E-state index is 12.2. The van der Waals surface area contributed by atoms with Gasteiger partial charge in [-0.2, -0.15) is 0 Å². The van der Waals surface area contributed by atoms with Crippen molar-refractivity contribution in [3.63, 3.8) is 0 Å². The molecule has 1 aromatic carbocycles. The molecule has 0 unspecified atom stereocenters. The lowest BCUT2D eigenvalue weighted by Crippen LogP contribution is -2.31. The number of carbonyl (C=O) groups is 2. The van der Waals surface area contributed by atoms with Crippen LogP contribution in [0.4, 0.5) is 0 Å². The van der Waals surface area contributed by atoms with E-state index in [1.54, 1.807) is 0 Å². The van der Waals surface area contributed by atoms with Gasteiger partial charge in [0.05, 0.1) is 0 Å². The third-order valence-electron chi connectivity index (χ3n) is 3.80. The molecule has 108 valence electrons. The van der Waals surface area contributed by atoms with Crippen molar-refractivity contribution in [1.29, 1.82) is 0 Å². The van der Waals surface area contributed by atoms with Crippen molar-refractivity contribution in [3.8, 4) is 11.1 Å². The van der Waals surface area contributed by atoms with Crippen molar-refractivity contribution in [2.45, 2.75) is 13.1 Å². The van der Waals surface area contributed by atoms with Crippen LogP contribution in [0.25, 0.3) is 11.1 Å². The molecule has 0 atom stereocenters. The van der Waals surface area contributed by atoms with Gasteiger partial charge >= 0.3 is 0 Å². The zero-order valence-corrected chi connectivity index (χ0v) is 12.4. The first kappa shape index (κ1) is 14.0. The van der Waals surface area contributed by atoms with Crippen molar-refractivity contribution >= 4 is 22.6 Å². The fourth-order valence-corrected chi connectivity index (χ4v) is 2.88. The number of aromatic nitrogens is 1. The number of halogens is 1. The van der Waals surface area contributed by atoms with Crippen molar-refractivity contribution in [1.82, 2.24) is 9.47 Å². The number of carbonyl (C=O) groups excluding carboxylic acids is 2. The van der Waals surface area contributed by atoms with Crippen molar-refractivity contribution in [2.75, 3.05) is 13.6 Å². The highest BCUT2D eigenvalue weighted by atomic mass is 35.5. The smallest absolute Gasteiger partial charge is 0.294 e. The average molecular weight is 303 g/mol. The molecule has 1 aromatic heterocycles. The summed E-state index contributed by atoms with van der Waals surface area (Å²) < 4.78 is 1.92. The molecular weight excluding hydrogens is 288 g/mol. The van der Waals surface area contributed by atoms with Gasteiger partial charge in [0.15, 0.2) is 0 Å². The Labute approximate surface area is 127 Å². The van der Waals surface area contributed by atoms with Gasteiger partial charge in [0.25, 0.3) is 11.0 Å². The molecule has 0 amide bonds. The van der Waals surface area contributed by atoms with E-state index in [1.807, 2.05) is 48.0 Å². The Kier molecular flexibility index (Phi) is 3.66. The van der Waals surface area contributed by atoms with E-state index in [9.17, 15) is 9.59 Å². The first-order valence-corrected chi connectivity index (χ1v) is 7.16. The number of likely N-dealkylation sites (N-methyl/N-ethyl adjacent to an activating group) is 1. The summed E-state index contributed by atoms with van der Waals surface area (Å²) in [6, 6.07) is 11.6. The Morgan fingerprint density at radius 2 is 1.86 bits per heavy atom. The number of nitrogens with zero attached hydrogens (tertiary/aromatic N) is 2. The molecule has 0 aliphatic carbocycles. The lowest BCUT2D eigenvalue weighted by Gasteiger charge is -2.25. The Bertz CT molecular complexity index is 707. The molecule has 21 heavy (non-hydrogen) atoms. The first-order chi connectivity index (χ1) is 10.1. The van der Waals surface area contributed by atoms with Gasteiger partial charge in [0.2, 0.25) is 0 Å². The van der Waals surface area contributed by atoms with Crippen molar-refractivity contribution in [2.24, 2.45) is 0 Å². The van der Waals surface area contributed by atoms with Crippen LogP contribution >= 0.6 is 11.6 Å². The van der Waals surface area contributed by atoms with Crippen LogP contribution in [0.3, 0.4) is 0 Å². The van der Waals surface area contributed by atoms with Crippen LogP contribution in [0, 0.1) is 0 Å². The highest BCUT2D eigenvalue weighted by Crippen LogP contribution is 2.30. The van der Waals surface area contributed by atoms with Gasteiger partial charge in [0, 0.05) is 30.9 Å². The molecule has 5 heteroatoms. The number of Topliss-reactive ketones (excluding diaryl/α,β-unsaturated/α-hetero) is 1. The fraction of sp³-hybridized carbons (Fsp3) is 0.250. The summed E-state index contributed by atoms with van der Waals surface area (Å²) in [4.78, 5) is 25.8. The maximum absolute atomic E-state index is 12.2. The third kappa shape index (κ3) is 2.52. The topological polar surface area (TPSA) is 42.3 Å². The zero-order chi connectivity index (χ0) is 15.0. The second-order valence-corrected chi connectivity index (χ2v) is 5.60. The zero-order valence-electron chi connectivity index (χ0n) is 11.7. The van der Waals surface area contributed by atoms with Gasteiger partial charge in [-0.1, -0.05) is 30.3 Å². The number of hydrogen-bond acceptors (Lipinski definition) is 3. The van der Waals surface area contributed by atoms with Crippen LogP contribution in [0.15, 0.2) is 36.4 Å². The lowest BCUT2D eigenvalue weighted by molar-refractivity contribution is -0.108. The van der Waals surface area contributed by atoms with E-state index in [0.717, 1.165) is 29.9 Å². The molecule has 0 bridgehead atoms. The van der Waals surface area contributed by atoms with Gasteiger partial charge in [0.1, 0.15) is 5.69 Å². The van der Waals surface area contributed by atoms with E-state index < -0.39 is 11.0 Å². The summed E-state index contributed by atoms with van der Waals surface area (Å²) in [5.74, 6) is -0.633. The van der Waals surface area contributed by atoms with Gasteiger partial charge in [-0.3, -0.25) is 14.5 Å². The van der Waals surface area contributed by atoms with Crippen molar-refractivity contribution < 1.29 is 9.59 Å². The minimum absolute atomic E-state index is 0.407. The number of benzene rings is 1. The highest BCUT2D eigenvalue weighted by Gasteiger charge is 2.27. The number of ketones is 1. The van der Waals surface area contributed by atoms with E-state index in [-0.39, 0.29) is 0 Å². The van der Waals surface area contributed by atoms with E-state index in [0.29, 0.717) is 12.2 Å². The monoisotopic (exact) mass is 302 g/mol. The molecule has 4 nitrogen and oxygen atoms in total. The predicted octanol–water partition coefficient (Wildman–Crippen LogP) is 2.55. The maximum Gasteiger partial charge on any atom is 0.294 e. The SMILES string of the molecule is CN1CCn2c(cc(-c3ccccc3)c2C(=O)C(=O)Cl)C1. The summed E-state index contributed by atoms with van der Waals surface area (Å²) in [5, 5.41) is -0.938. The molecular formula is C16H15ClN2O2. The summed E-state index contributed by atoms with van der Waals surface area (Å²) in [5.41, 5.74) is 3.14. The Morgan fingerprint density at radius 3 is 2.52 bits per heavy atom. The summed E-state index contributed by atoms with van der Waals surface area (Å²) >= 11 is 5.44. The van der Waals surface area contributed by atoms with Crippen LogP contribution in [-0.2, 0) is 17.9 Å². The minimum Gasteiger partial charge on any atom is -0.339 e. The van der Waals surface area contributed by atoms with Gasteiger partial charge in [-0.05, 0) is 30.3 Å². The van der Waals surface area contributed by atoms with Gasteiger partial charge < -0.3 is 4.57 Å². The third-order valence-corrected chi connectivity index (χ3v) is 3.97. The standard InChI is InChI=1S/C16H15ClN2O2/c1-18-7-8-19-12(10-18)9-13(11-5-3-2-4-6-11)14(19)15(20)16(17)21/h2-6,9H,7-8,10H2,1H3. The molecule has 1 aliphatic heterocycles. The van der Waals surface area contributed by atoms with Crippen LogP contribution < -0.4 is 0 Å². The normalized spacial score (nSPS) is 14.8. The molecule has 0 saturated heterocycles. The van der Waals surface area contributed by atoms with Crippen LogP contribution in [-0.4, -0.2) is 34.1 Å². The summed E-state index contributed by atoms with van der Waals surface area (Å²) in [6.07, 6.45) is 0. The van der Waals surface area contributed by atoms with Crippen LogP contribution in [0.2, 0.25) is 0 Å². The molecule has 1 aliphatic rings. The fourth-order valence-electron chi connectivity index (χ4n) is 2.79. The minimum atomic E-state index is -0.938. The Hall–Kier alpha value is -1.91. The molecule has 0 N–H and O–H groups in total. The quantitative estimate of drug-likeness (QED) is 0.497. The predicted molar refractivity (Wildman–Crippen MR) is 81.4 cm³/mol. The summed E-state index contributed by atoms with van der Waals surface area (Å²) in [7, 11) is 2.03. The van der Waals surface area contributed by atoms with E-state index in [1.165, 1.54) is 0 Å². The van der Waals surface area contributed by atoms with Crippen LogP contribution in [0.5, 0.6) is 0 Å². The molecule has 0 saturated carbocycles. The number of fused-ring (bicyclic) bond motifs is 1. The Morgan fingerprint density at radius 1 is 1.14 bits per heavy atom.